The first kappa shape index (κ1) is 15.0. The minimum Gasteiger partial charge on any atom is -0.366 e. The fraction of sp³-hybridized carbons (Fsp3) is 0.562. The Labute approximate surface area is 120 Å². The molecule has 1 aromatic rings. The Hall–Kier alpha value is -1.39. The number of benzene rings is 1. The number of nitrogens with two attached hydrogens (primary N) is 1. The van der Waals surface area contributed by atoms with Crippen LogP contribution in [0.1, 0.15) is 45.2 Å². The SMILES string of the molecule is CC(C)(C)OCC(=O)N1CCCC(N)c2ccccc21. The van der Waals surface area contributed by atoms with Crippen LogP contribution in [0.15, 0.2) is 24.3 Å². The molecule has 2 N–H and O–H groups in total. The second kappa shape index (κ2) is 5.94. The van der Waals surface area contributed by atoms with Gasteiger partial charge < -0.3 is 15.4 Å². The fourth-order valence-corrected chi connectivity index (χ4v) is 2.41. The van der Waals surface area contributed by atoms with E-state index in [1.165, 1.54) is 0 Å². The number of hydrogen-bond donors (Lipinski definition) is 1. The quantitative estimate of drug-likeness (QED) is 0.903. The molecule has 0 radical (unpaired) electrons. The third kappa shape index (κ3) is 3.58. The minimum absolute atomic E-state index is 0.00137. The largest absolute Gasteiger partial charge is 0.366 e. The number of anilines is 1. The summed E-state index contributed by atoms with van der Waals surface area (Å²) in [5.74, 6) is 0.00137. The molecule has 4 nitrogen and oxygen atoms in total. The Morgan fingerprint density at radius 3 is 2.80 bits per heavy atom. The monoisotopic (exact) mass is 276 g/mol. The normalized spacial score (nSPS) is 19.4. The van der Waals surface area contributed by atoms with E-state index >= 15 is 0 Å². The zero-order chi connectivity index (χ0) is 14.8. The van der Waals surface area contributed by atoms with Gasteiger partial charge in [-0.2, -0.15) is 0 Å². The molecular formula is C16H24N2O2. The van der Waals surface area contributed by atoms with Crippen LogP contribution in [0.3, 0.4) is 0 Å². The molecule has 110 valence electrons. The zero-order valence-electron chi connectivity index (χ0n) is 12.6. The molecule has 1 heterocycles. The van der Waals surface area contributed by atoms with E-state index in [4.69, 9.17) is 10.5 Å². The lowest BCUT2D eigenvalue weighted by Crippen LogP contribution is -2.37. The average molecular weight is 276 g/mol. The van der Waals surface area contributed by atoms with Crippen LogP contribution in [0.4, 0.5) is 5.69 Å². The molecule has 1 amide bonds. The molecule has 1 aliphatic heterocycles. The van der Waals surface area contributed by atoms with Crippen molar-refractivity contribution >= 4 is 11.6 Å². The van der Waals surface area contributed by atoms with E-state index in [0.29, 0.717) is 6.54 Å². The topological polar surface area (TPSA) is 55.6 Å². The maximum Gasteiger partial charge on any atom is 0.253 e. The van der Waals surface area contributed by atoms with Crippen LogP contribution in [0.2, 0.25) is 0 Å². The highest BCUT2D eigenvalue weighted by Crippen LogP contribution is 2.31. The average Bonchev–Trinajstić information content (AvgIpc) is 2.55. The van der Waals surface area contributed by atoms with Crippen LogP contribution >= 0.6 is 0 Å². The molecule has 0 saturated carbocycles. The van der Waals surface area contributed by atoms with Crippen molar-refractivity contribution in [1.82, 2.24) is 0 Å². The minimum atomic E-state index is -0.308. The summed E-state index contributed by atoms with van der Waals surface area (Å²) in [6, 6.07) is 7.90. The summed E-state index contributed by atoms with van der Waals surface area (Å²) < 4.78 is 5.60. The molecule has 0 aromatic heterocycles. The highest BCUT2D eigenvalue weighted by Gasteiger charge is 2.25. The Bertz CT molecular complexity index is 480. The molecule has 1 unspecified atom stereocenters. The number of carbonyl (C=O) groups is 1. The van der Waals surface area contributed by atoms with Crippen molar-refractivity contribution in [2.45, 2.75) is 45.3 Å². The number of ether oxygens (including phenoxy) is 1. The van der Waals surface area contributed by atoms with Crippen molar-refractivity contribution in [3.63, 3.8) is 0 Å². The molecule has 0 aliphatic carbocycles. The number of rotatable bonds is 2. The van der Waals surface area contributed by atoms with Gasteiger partial charge in [0, 0.05) is 18.3 Å². The van der Waals surface area contributed by atoms with Gasteiger partial charge in [0.05, 0.1) is 5.60 Å². The maximum atomic E-state index is 12.4. The van der Waals surface area contributed by atoms with Gasteiger partial charge in [-0.15, -0.1) is 0 Å². The van der Waals surface area contributed by atoms with E-state index in [0.717, 1.165) is 24.1 Å². The summed E-state index contributed by atoms with van der Waals surface area (Å²) in [5, 5.41) is 0. The van der Waals surface area contributed by atoms with E-state index in [1.807, 2.05) is 49.9 Å². The third-order valence-corrected chi connectivity index (χ3v) is 3.45. The van der Waals surface area contributed by atoms with Gasteiger partial charge in [0.1, 0.15) is 6.61 Å². The predicted octanol–water partition coefficient (Wildman–Crippen LogP) is 2.63. The van der Waals surface area contributed by atoms with Gasteiger partial charge in [0.2, 0.25) is 0 Å². The molecule has 2 rings (SSSR count). The van der Waals surface area contributed by atoms with Gasteiger partial charge in [0.15, 0.2) is 0 Å². The Balaban J connectivity index is 2.19. The van der Waals surface area contributed by atoms with Crippen molar-refractivity contribution in [2.75, 3.05) is 18.1 Å². The third-order valence-electron chi connectivity index (χ3n) is 3.45. The van der Waals surface area contributed by atoms with Crippen LogP contribution in [0.5, 0.6) is 0 Å². The van der Waals surface area contributed by atoms with E-state index in [1.54, 1.807) is 0 Å². The first-order valence-electron chi connectivity index (χ1n) is 7.17. The molecule has 1 aliphatic rings. The standard InChI is InChI=1S/C16H24N2O2/c1-16(2,3)20-11-15(19)18-10-6-8-13(17)12-7-4-5-9-14(12)18/h4-5,7,9,13H,6,8,10-11,17H2,1-3H3. The number of fused-ring (bicyclic) bond motifs is 1. The van der Waals surface area contributed by atoms with Gasteiger partial charge in [-0.25, -0.2) is 0 Å². The van der Waals surface area contributed by atoms with Crippen molar-refractivity contribution in [1.29, 1.82) is 0 Å². The van der Waals surface area contributed by atoms with E-state index in [-0.39, 0.29) is 24.2 Å². The van der Waals surface area contributed by atoms with Gasteiger partial charge in [-0.1, -0.05) is 18.2 Å². The molecular weight excluding hydrogens is 252 g/mol. The highest BCUT2D eigenvalue weighted by atomic mass is 16.5. The molecule has 20 heavy (non-hydrogen) atoms. The van der Waals surface area contributed by atoms with Crippen molar-refractivity contribution in [2.24, 2.45) is 5.73 Å². The molecule has 0 bridgehead atoms. The maximum absolute atomic E-state index is 12.4. The first-order valence-corrected chi connectivity index (χ1v) is 7.17. The van der Waals surface area contributed by atoms with Crippen molar-refractivity contribution in [3.8, 4) is 0 Å². The molecule has 0 fully saturated rings. The number of amides is 1. The summed E-state index contributed by atoms with van der Waals surface area (Å²) in [5.41, 5.74) is 7.86. The number of hydrogen-bond acceptors (Lipinski definition) is 3. The lowest BCUT2D eigenvalue weighted by atomic mass is 10.0. The second-order valence-electron chi connectivity index (χ2n) is 6.25. The Morgan fingerprint density at radius 1 is 1.40 bits per heavy atom. The number of para-hydroxylation sites is 1. The van der Waals surface area contributed by atoms with E-state index in [2.05, 4.69) is 0 Å². The van der Waals surface area contributed by atoms with Crippen LogP contribution in [-0.2, 0) is 9.53 Å². The lowest BCUT2D eigenvalue weighted by molar-refractivity contribution is -0.127. The smallest absolute Gasteiger partial charge is 0.253 e. The van der Waals surface area contributed by atoms with Crippen LogP contribution in [0.25, 0.3) is 0 Å². The number of carbonyl (C=O) groups excluding carboxylic acids is 1. The van der Waals surface area contributed by atoms with Gasteiger partial charge in [-0.3, -0.25) is 4.79 Å². The number of nitrogens with zero attached hydrogens (tertiary/aromatic N) is 1. The highest BCUT2D eigenvalue weighted by molar-refractivity contribution is 5.95. The van der Waals surface area contributed by atoms with Crippen molar-refractivity contribution in [3.05, 3.63) is 29.8 Å². The lowest BCUT2D eigenvalue weighted by Gasteiger charge is -2.26. The van der Waals surface area contributed by atoms with Gasteiger partial charge in [0.25, 0.3) is 5.91 Å². The van der Waals surface area contributed by atoms with Gasteiger partial charge in [-0.05, 0) is 45.2 Å². The predicted molar refractivity (Wildman–Crippen MR) is 80.7 cm³/mol. The summed E-state index contributed by atoms with van der Waals surface area (Å²) in [6.07, 6.45) is 1.82. The molecule has 4 heteroatoms. The summed E-state index contributed by atoms with van der Waals surface area (Å²) in [6.45, 7) is 6.66. The zero-order valence-corrected chi connectivity index (χ0v) is 12.6. The summed E-state index contributed by atoms with van der Waals surface area (Å²) >= 11 is 0. The van der Waals surface area contributed by atoms with Gasteiger partial charge >= 0.3 is 0 Å². The van der Waals surface area contributed by atoms with Crippen LogP contribution in [0, 0.1) is 0 Å². The van der Waals surface area contributed by atoms with E-state index in [9.17, 15) is 4.79 Å². The van der Waals surface area contributed by atoms with E-state index < -0.39 is 0 Å². The Kier molecular flexibility index (Phi) is 4.45. The molecule has 1 atom stereocenters. The summed E-state index contributed by atoms with van der Waals surface area (Å²) in [4.78, 5) is 14.2. The van der Waals surface area contributed by atoms with Crippen molar-refractivity contribution < 1.29 is 9.53 Å². The Morgan fingerprint density at radius 2 is 2.10 bits per heavy atom. The van der Waals surface area contributed by atoms with Crippen LogP contribution in [-0.4, -0.2) is 24.7 Å². The van der Waals surface area contributed by atoms with Crippen LogP contribution < -0.4 is 10.6 Å². The molecule has 0 spiro atoms. The fourth-order valence-electron chi connectivity index (χ4n) is 2.41. The molecule has 0 saturated heterocycles. The first-order chi connectivity index (χ1) is 9.38. The second-order valence-corrected chi connectivity index (χ2v) is 6.25. The summed E-state index contributed by atoms with van der Waals surface area (Å²) in [7, 11) is 0. The molecule has 1 aromatic carbocycles.